The molecule has 0 saturated heterocycles. The van der Waals surface area contributed by atoms with Gasteiger partial charge in [-0.3, -0.25) is 10.1 Å². The molecule has 0 heterocycles. The monoisotopic (exact) mass is 391 g/mol. The van der Waals surface area contributed by atoms with Crippen LogP contribution in [0.3, 0.4) is 0 Å². The summed E-state index contributed by atoms with van der Waals surface area (Å²) >= 11 is 0. The van der Waals surface area contributed by atoms with E-state index in [9.17, 15) is 29.3 Å². The number of carboxylic acid groups (broad SMARTS) is 4. The van der Waals surface area contributed by atoms with Crippen LogP contribution in [-0.2, 0) is 0 Å². The Morgan fingerprint density at radius 2 is 1.18 bits per heavy atom. The number of nitrogens with zero attached hydrogens (tertiary/aromatic N) is 1. The molecule has 0 aliphatic heterocycles. The van der Waals surface area contributed by atoms with Crippen molar-refractivity contribution in [1.82, 2.24) is 0 Å². The van der Waals surface area contributed by atoms with Crippen LogP contribution in [0.1, 0.15) is 47.0 Å². The Morgan fingerprint density at radius 3 is 1.54 bits per heavy atom. The van der Waals surface area contributed by atoms with Crippen molar-refractivity contribution in [2.24, 2.45) is 0 Å². The number of carboxylic acids is 4. The summed E-state index contributed by atoms with van der Waals surface area (Å²) in [5.41, 5.74) is -0.918. The second-order valence-corrected chi connectivity index (χ2v) is 5.24. The van der Waals surface area contributed by atoms with E-state index in [1.165, 1.54) is 18.2 Å². The molecule has 0 aliphatic carbocycles. The highest BCUT2D eigenvalue weighted by Gasteiger charge is 2.21. The van der Waals surface area contributed by atoms with Gasteiger partial charge in [-0.1, -0.05) is 0 Å². The molecule has 146 valence electrons. The standard InChI is InChI=1S/C9H8O4.C8H5NO6/c1-5-4-6(8(10)11)2-3-7(5)9(12)13;10-7(11)4-1-2-5(8(12)13)6(3-4)9(14)15/h2-4H,1H3,(H,10,11)(H,12,13);1-3H,(H,10,11)(H,12,13). The number of carbonyl (C=O) groups is 4. The predicted octanol–water partition coefficient (Wildman–Crippen LogP) is 2.38. The maximum Gasteiger partial charge on any atom is 0.342 e. The third-order valence-corrected chi connectivity index (χ3v) is 3.38. The number of hydrogen-bond donors (Lipinski definition) is 4. The lowest BCUT2D eigenvalue weighted by Crippen LogP contribution is -2.05. The highest BCUT2D eigenvalue weighted by molar-refractivity contribution is 5.96. The average Bonchev–Trinajstić information content (AvgIpc) is 2.60. The smallest absolute Gasteiger partial charge is 0.342 e. The maximum absolute atomic E-state index is 10.6. The van der Waals surface area contributed by atoms with Crippen molar-refractivity contribution < 1.29 is 44.5 Å². The average molecular weight is 391 g/mol. The lowest BCUT2D eigenvalue weighted by molar-refractivity contribution is -0.385. The van der Waals surface area contributed by atoms with Gasteiger partial charge in [0.05, 0.1) is 21.6 Å². The first-order valence-corrected chi connectivity index (χ1v) is 7.28. The van der Waals surface area contributed by atoms with E-state index in [2.05, 4.69) is 0 Å². The van der Waals surface area contributed by atoms with Gasteiger partial charge in [-0.05, 0) is 42.8 Å². The molecule has 0 radical (unpaired) electrons. The van der Waals surface area contributed by atoms with E-state index in [1.807, 2.05) is 0 Å². The van der Waals surface area contributed by atoms with Gasteiger partial charge in [0, 0.05) is 6.07 Å². The molecule has 0 fully saturated rings. The summed E-state index contributed by atoms with van der Waals surface area (Å²) in [5, 5.41) is 44.8. The Hall–Kier alpha value is -4.28. The fourth-order valence-corrected chi connectivity index (χ4v) is 2.03. The fourth-order valence-electron chi connectivity index (χ4n) is 2.03. The fraction of sp³-hybridized carbons (Fsp3) is 0.0588. The van der Waals surface area contributed by atoms with Crippen molar-refractivity contribution in [3.05, 3.63) is 74.3 Å². The van der Waals surface area contributed by atoms with E-state index in [4.69, 9.17) is 20.4 Å². The molecular weight excluding hydrogens is 378 g/mol. The second kappa shape index (κ2) is 8.89. The molecule has 0 aliphatic rings. The van der Waals surface area contributed by atoms with Crippen LogP contribution in [0.15, 0.2) is 36.4 Å². The summed E-state index contributed by atoms with van der Waals surface area (Å²) in [6.07, 6.45) is 0. The van der Waals surface area contributed by atoms with Crippen LogP contribution in [0.5, 0.6) is 0 Å². The first kappa shape index (κ1) is 21.8. The second-order valence-electron chi connectivity index (χ2n) is 5.24. The van der Waals surface area contributed by atoms with Gasteiger partial charge in [0.15, 0.2) is 0 Å². The number of nitro groups is 1. The quantitative estimate of drug-likeness (QED) is 0.434. The predicted molar refractivity (Wildman–Crippen MR) is 92.1 cm³/mol. The largest absolute Gasteiger partial charge is 0.478 e. The van der Waals surface area contributed by atoms with Gasteiger partial charge in [-0.15, -0.1) is 0 Å². The van der Waals surface area contributed by atoms with Gasteiger partial charge < -0.3 is 20.4 Å². The molecule has 0 amide bonds. The summed E-state index contributed by atoms with van der Waals surface area (Å²) < 4.78 is 0. The van der Waals surface area contributed by atoms with E-state index < -0.39 is 40.1 Å². The van der Waals surface area contributed by atoms with Crippen molar-refractivity contribution in [2.45, 2.75) is 6.92 Å². The van der Waals surface area contributed by atoms with E-state index in [1.54, 1.807) is 6.92 Å². The van der Waals surface area contributed by atoms with Gasteiger partial charge in [-0.2, -0.15) is 0 Å². The van der Waals surface area contributed by atoms with Crippen molar-refractivity contribution >= 4 is 29.6 Å². The number of aryl methyl sites for hydroxylation is 1. The van der Waals surface area contributed by atoms with Crippen molar-refractivity contribution in [2.75, 3.05) is 0 Å². The SMILES string of the molecule is Cc1cc(C(=O)O)ccc1C(=O)O.O=C(O)c1ccc(C(=O)O)c([N+](=O)[O-])c1. The van der Waals surface area contributed by atoms with Crippen LogP contribution in [0.4, 0.5) is 5.69 Å². The Morgan fingerprint density at radius 1 is 0.750 bits per heavy atom. The first-order chi connectivity index (χ1) is 13.0. The molecule has 0 atom stereocenters. The molecule has 0 bridgehead atoms. The number of rotatable bonds is 5. The summed E-state index contributed by atoms with van der Waals surface area (Å²) in [7, 11) is 0. The van der Waals surface area contributed by atoms with Crippen molar-refractivity contribution in [1.29, 1.82) is 0 Å². The molecule has 0 aromatic heterocycles. The van der Waals surface area contributed by atoms with Crippen molar-refractivity contribution in [3.63, 3.8) is 0 Å². The zero-order valence-electron chi connectivity index (χ0n) is 14.1. The highest BCUT2D eigenvalue weighted by atomic mass is 16.6. The van der Waals surface area contributed by atoms with Gasteiger partial charge in [-0.25, -0.2) is 19.2 Å². The van der Waals surface area contributed by atoms with Crippen LogP contribution in [-0.4, -0.2) is 49.2 Å². The Bertz CT molecular complexity index is 980. The van der Waals surface area contributed by atoms with E-state index in [-0.39, 0.29) is 16.7 Å². The van der Waals surface area contributed by atoms with Crippen LogP contribution in [0.25, 0.3) is 0 Å². The molecule has 28 heavy (non-hydrogen) atoms. The summed E-state index contributed by atoms with van der Waals surface area (Å²) in [6.45, 7) is 1.57. The third kappa shape index (κ3) is 5.36. The van der Waals surface area contributed by atoms with Crippen LogP contribution >= 0.6 is 0 Å². The maximum atomic E-state index is 10.6. The molecule has 0 saturated carbocycles. The molecular formula is C17H13NO10. The Kier molecular flexibility index (Phi) is 6.91. The van der Waals surface area contributed by atoms with E-state index >= 15 is 0 Å². The number of hydrogen-bond acceptors (Lipinski definition) is 6. The lowest BCUT2D eigenvalue weighted by atomic mass is 10.1. The minimum Gasteiger partial charge on any atom is -0.478 e. The molecule has 11 nitrogen and oxygen atoms in total. The number of aromatic carboxylic acids is 4. The Balaban J connectivity index is 0.000000283. The molecule has 11 heteroatoms. The lowest BCUT2D eigenvalue weighted by Gasteiger charge is -2.01. The zero-order valence-corrected chi connectivity index (χ0v) is 14.1. The van der Waals surface area contributed by atoms with Crippen LogP contribution < -0.4 is 0 Å². The molecule has 2 rings (SSSR count). The summed E-state index contributed by atoms with van der Waals surface area (Å²) in [5.74, 6) is -4.93. The molecule has 2 aromatic rings. The van der Waals surface area contributed by atoms with Crippen LogP contribution in [0, 0.1) is 17.0 Å². The van der Waals surface area contributed by atoms with E-state index in [0.717, 1.165) is 12.1 Å². The Labute approximate surface area is 156 Å². The minimum absolute atomic E-state index is 0.0995. The third-order valence-electron chi connectivity index (χ3n) is 3.38. The normalized spacial score (nSPS) is 9.61. The van der Waals surface area contributed by atoms with Gasteiger partial charge in [0.25, 0.3) is 5.69 Å². The molecule has 0 unspecified atom stereocenters. The topological polar surface area (TPSA) is 192 Å². The molecule has 0 spiro atoms. The summed E-state index contributed by atoms with van der Waals surface area (Å²) in [4.78, 5) is 51.6. The zero-order chi connectivity index (χ0) is 21.6. The number of nitro benzene ring substituents is 1. The molecule has 4 N–H and O–H groups in total. The van der Waals surface area contributed by atoms with Gasteiger partial charge in [0.2, 0.25) is 0 Å². The number of benzene rings is 2. The van der Waals surface area contributed by atoms with Gasteiger partial charge >= 0.3 is 23.9 Å². The minimum atomic E-state index is -1.47. The first-order valence-electron chi connectivity index (χ1n) is 7.28. The van der Waals surface area contributed by atoms with E-state index in [0.29, 0.717) is 11.6 Å². The van der Waals surface area contributed by atoms with Crippen molar-refractivity contribution in [3.8, 4) is 0 Å². The van der Waals surface area contributed by atoms with Crippen LogP contribution in [0.2, 0.25) is 0 Å². The highest BCUT2D eigenvalue weighted by Crippen LogP contribution is 2.20. The summed E-state index contributed by atoms with van der Waals surface area (Å²) in [6, 6.07) is 6.51. The molecule has 2 aromatic carbocycles. The van der Waals surface area contributed by atoms with Gasteiger partial charge in [0.1, 0.15) is 5.56 Å².